The summed E-state index contributed by atoms with van der Waals surface area (Å²) in [4.78, 5) is 0. The predicted octanol–water partition coefficient (Wildman–Crippen LogP) is 0.685. The molecule has 0 aliphatic rings. The average Bonchev–Trinajstić information content (AvgIpc) is 2.03. The molecular formula is C8H10N2O2. The second-order valence-electron chi connectivity index (χ2n) is 2.27. The molecule has 0 heterocycles. The van der Waals surface area contributed by atoms with Gasteiger partial charge >= 0.3 is 0 Å². The van der Waals surface area contributed by atoms with E-state index in [1.165, 1.54) is 13.2 Å². The quantitative estimate of drug-likeness (QED) is 0.446. The van der Waals surface area contributed by atoms with E-state index in [9.17, 15) is 5.11 Å². The minimum atomic E-state index is -0.122. The molecule has 4 heteroatoms. The normalized spacial score (nSPS) is 9.42. The van der Waals surface area contributed by atoms with Gasteiger partial charge < -0.3 is 15.6 Å². The van der Waals surface area contributed by atoms with Gasteiger partial charge in [-0.05, 0) is 12.1 Å². The molecule has 0 bridgehead atoms. The molecular weight excluding hydrogens is 156 g/mol. The Morgan fingerprint density at radius 1 is 1.58 bits per heavy atom. The van der Waals surface area contributed by atoms with E-state index in [2.05, 4.69) is 0 Å². The van der Waals surface area contributed by atoms with Gasteiger partial charge in [0.15, 0.2) is 11.5 Å². The number of aromatic hydroxyl groups is 1. The van der Waals surface area contributed by atoms with Crippen LogP contribution in [0.25, 0.3) is 0 Å². The summed E-state index contributed by atoms with van der Waals surface area (Å²) in [6, 6.07) is 4.70. The number of amidine groups is 1. The number of para-hydroxylation sites is 1. The molecule has 4 nitrogen and oxygen atoms in total. The Hall–Kier alpha value is -1.71. The summed E-state index contributed by atoms with van der Waals surface area (Å²) >= 11 is 0. The zero-order valence-electron chi connectivity index (χ0n) is 6.66. The maximum Gasteiger partial charge on any atom is 0.171 e. The first-order valence-corrected chi connectivity index (χ1v) is 3.37. The van der Waals surface area contributed by atoms with Crippen LogP contribution in [-0.2, 0) is 0 Å². The maximum atomic E-state index is 9.26. The van der Waals surface area contributed by atoms with Gasteiger partial charge in [0.1, 0.15) is 5.84 Å². The van der Waals surface area contributed by atoms with Crippen LogP contribution < -0.4 is 10.5 Å². The number of phenols is 1. The molecule has 12 heavy (non-hydrogen) atoms. The number of nitrogens with one attached hydrogen (secondary N) is 1. The molecule has 0 aliphatic carbocycles. The Bertz CT molecular complexity index is 310. The second-order valence-corrected chi connectivity index (χ2v) is 2.27. The molecule has 0 radical (unpaired) electrons. The molecule has 0 aliphatic heterocycles. The van der Waals surface area contributed by atoms with Gasteiger partial charge in [-0.25, -0.2) is 0 Å². The molecule has 1 aromatic rings. The van der Waals surface area contributed by atoms with Crippen LogP contribution in [0.4, 0.5) is 0 Å². The SMILES string of the molecule is COc1c(O)cccc1C(=N)N. The Labute approximate surface area is 70.1 Å². The highest BCUT2D eigenvalue weighted by Gasteiger charge is 2.08. The highest BCUT2D eigenvalue weighted by molar-refractivity contribution is 5.98. The second kappa shape index (κ2) is 3.13. The fourth-order valence-electron chi connectivity index (χ4n) is 0.951. The largest absolute Gasteiger partial charge is 0.504 e. The molecule has 1 rings (SSSR count). The third-order valence-electron chi connectivity index (χ3n) is 1.49. The zero-order chi connectivity index (χ0) is 9.14. The number of benzene rings is 1. The first-order valence-electron chi connectivity index (χ1n) is 3.37. The Morgan fingerprint density at radius 3 is 2.67 bits per heavy atom. The van der Waals surface area contributed by atoms with Crippen molar-refractivity contribution < 1.29 is 9.84 Å². The molecule has 4 N–H and O–H groups in total. The van der Waals surface area contributed by atoms with Gasteiger partial charge in [0.25, 0.3) is 0 Å². The number of ether oxygens (including phenoxy) is 1. The summed E-state index contributed by atoms with van der Waals surface area (Å²) in [5.74, 6) is 0.109. The van der Waals surface area contributed by atoms with Crippen molar-refractivity contribution in [3.05, 3.63) is 23.8 Å². The van der Waals surface area contributed by atoms with Crippen molar-refractivity contribution in [3.8, 4) is 11.5 Å². The minimum absolute atomic E-state index is 0.00907. The van der Waals surface area contributed by atoms with Crippen molar-refractivity contribution in [2.24, 2.45) is 5.73 Å². The van der Waals surface area contributed by atoms with Crippen LogP contribution in [0.3, 0.4) is 0 Å². The van der Waals surface area contributed by atoms with Crippen LogP contribution in [-0.4, -0.2) is 18.1 Å². The minimum Gasteiger partial charge on any atom is -0.504 e. The number of hydrogen-bond acceptors (Lipinski definition) is 3. The molecule has 64 valence electrons. The third kappa shape index (κ3) is 1.32. The topological polar surface area (TPSA) is 79.3 Å². The Kier molecular flexibility index (Phi) is 2.19. The van der Waals surface area contributed by atoms with Gasteiger partial charge in [0.2, 0.25) is 0 Å². The lowest BCUT2D eigenvalue weighted by molar-refractivity contribution is 0.372. The summed E-state index contributed by atoms with van der Waals surface area (Å²) in [7, 11) is 1.42. The maximum absolute atomic E-state index is 9.26. The fraction of sp³-hybridized carbons (Fsp3) is 0.125. The van der Waals surface area contributed by atoms with Gasteiger partial charge in [0.05, 0.1) is 12.7 Å². The standard InChI is InChI=1S/C8H10N2O2/c1-12-7-5(8(9)10)3-2-4-6(7)11/h2-4,11H,1H3,(H3,9,10). The van der Waals surface area contributed by atoms with E-state index >= 15 is 0 Å². The lowest BCUT2D eigenvalue weighted by atomic mass is 10.1. The van der Waals surface area contributed by atoms with E-state index in [4.69, 9.17) is 15.9 Å². The molecule has 0 saturated carbocycles. The van der Waals surface area contributed by atoms with E-state index < -0.39 is 0 Å². The van der Waals surface area contributed by atoms with Crippen LogP contribution in [0.1, 0.15) is 5.56 Å². The highest BCUT2D eigenvalue weighted by atomic mass is 16.5. The molecule has 0 unspecified atom stereocenters. The van der Waals surface area contributed by atoms with Crippen molar-refractivity contribution in [1.82, 2.24) is 0 Å². The molecule has 1 aromatic carbocycles. The summed E-state index contributed by atoms with van der Waals surface area (Å²) in [5, 5.41) is 16.4. The summed E-state index contributed by atoms with van der Waals surface area (Å²) in [5.41, 5.74) is 5.65. The van der Waals surface area contributed by atoms with Crippen molar-refractivity contribution in [3.63, 3.8) is 0 Å². The van der Waals surface area contributed by atoms with E-state index in [0.29, 0.717) is 5.56 Å². The molecule has 0 amide bonds. The van der Waals surface area contributed by atoms with E-state index in [1.807, 2.05) is 0 Å². The number of hydrogen-bond donors (Lipinski definition) is 3. The van der Waals surface area contributed by atoms with Gasteiger partial charge in [-0.1, -0.05) is 6.07 Å². The van der Waals surface area contributed by atoms with E-state index in [0.717, 1.165) is 0 Å². The van der Waals surface area contributed by atoms with Crippen LogP contribution >= 0.6 is 0 Å². The Morgan fingerprint density at radius 2 is 2.25 bits per heavy atom. The summed E-state index contributed by atoms with van der Waals surface area (Å²) in [6.07, 6.45) is 0. The van der Waals surface area contributed by atoms with Crippen molar-refractivity contribution in [2.75, 3.05) is 7.11 Å². The van der Waals surface area contributed by atoms with E-state index in [-0.39, 0.29) is 17.3 Å². The van der Waals surface area contributed by atoms with Crippen LogP contribution in [0.15, 0.2) is 18.2 Å². The number of phenolic OH excluding ortho intramolecular Hbond substituents is 1. The first-order chi connectivity index (χ1) is 5.66. The smallest absolute Gasteiger partial charge is 0.171 e. The zero-order valence-corrected chi connectivity index (χ0v) is 6.66. The van der Waals surface area contributed by atoms with Crippen molar-refractivity contribution >= 4 is 5.84 Å². The molecule has 0 aromatic heterocycles. The number of nitrogens with two attached hydrogens (primary N) is 1. The number of methoxy groups -OCH3 is 1. The van der Waals surface area contributed by atoms with Crippen LogP contribution in [0, 0.1) is 5.41 Å². The first kappa shape index (κ1) is 8.39. The van der Waals surface area contributed by atoms with Gasteiger partial charge in [0, 0.05) is 0 Å². The third-order valence-corrected chi connectivity index (χ3v) is 1.49. The summed E-state index contributed by atoms with van der Waals surface area (Å²) in [6.45, 7) is 0. The van der Waals surface area contributed by atoms with Gasteiger partial charge in [-0.15, -0.1) is 0 Å². The van der Waals surface area contributed by atoms with Gasteiger partial charge in [-0.2, -0.15) is 0 Å². The fourth-order valence-corrected chi connectivity index (χ4v) is 0.951. The Balaban J connectivity index is 3.27. The van der Waals surface area contributed by atoms with Crippen molar-refractivity contribution in [1.29, 1.82) is 5.41 Å². The van der Waals surface area contributed by atoms with Crippen LogP contribution in [0.2, 0.25) is 0 Å². The monoisotopic (exact) mass is 166 g/mol. The van der Waals surface area contributed by atoms with Crippen molar-refractivity contribution in [2.45, 2.75) is 0 Å². The number of rotatable bonds is 2. The van der Waals surface area contributed by atoms with Crippen LogP contribution in [0.5, 0.6) is 11.5 Å². The molecule has 0 saturated heterocycles. The van der Waals surface area contributed by atoms with E-state index in [1.54, 1.807) is 12.1 Å². The summed E-state index contributed by atoms with van der Waals surface area (Å²) < 4.78 is 4.87. The lowest BCUT2D eigenvalue weighted by Crippen LogP contribution is -2.12. The molecule has 0 spiro atoms. The lowest BCUT2D eigenvalue weighted by Gasteiger charge is -2.07. The number of nitrogen functional groups attached to an aromatic ring is 1. The highest BCUT2D eigenvalue weighted by Crippen LogP contribution is 2.28. The predicted molar refractivity (Wildman–Crippen MR) is 45.7 cm³/mol. The average molecular weight is 166 g/mol. The van der Waals surface area contributed by atoms with Gasteiger partial charge in [-0.3, -0.25) is 5.41 Å². The molecule has 0 atom stereocenters. The molecule has 0 fully saturated rings.